The lowest BCUT2D eigenvalue weighted by Gasteiger charge is -2.10. The third-order valence-corrected chi connectivity index (χ3v) is 4.07. The molecule has 0 aliphatic heterocycles. The molecule has 19 heavy (non-hydrogen) atoms. The summed E-state index contributed by atoms with van der Waals surface area (Å²) in [4.78, 5) is 11.2. The Bertz CT molecular complexity index is 668. The van der Waals surface area contributed by atoms with E-state index in [4.69, 9.17) is 46.4 Å². The molecule has 98 valence electrons. The topological polar surface area (TPSA) is 37.3 Å². The average Bonchev–Trinajstić information content (AvgIpc) is 2.35. The number of carboxylic acid groups (broad SMARTS) is 1. The molecule has 2 nitrogen and oxygen atoms in total. The number of carboxylic acids is 1. The first-order chi connectivity index (χ1) is 8.91. The van der Waals surface area contributed by atoms with Crippen molar-refractivity contribution < 1.29 is 9.90 Å². The van der Waals surface area contributed by atoms with Gasteiger partial charge in [-0.1, -0.05) is 52.5 Å². The molecule has 0 aromatic heterocycles. The minimum absolute atomic E-state index is 0.0877. The quantitative estimate of drug-likeness (QED) is 0.718. The van der Waals surface area contributed by atoms with Gasteiger partial charge in [0.15, 0.2) is 0 Å². The van der Waals surface area contributed by atoms with Crippen LogP contribution in [0.15, 0.2) is 30.3 Å². The second-order valence-electron chi connectivity index (χ2n) is 3.72. The van der Waals surface area contributed by atoms with Crippen LogP contribution in [0.3, 0.4) is 0 Å². The van der Waals surface area contributed by atoms with Crippen molar-refractivity contribution in [2.24, 2.45) is 0 Å². The summed E-state index contributed by atoms with van der Waals surface area (Å²) in [6, 6.07) is 7.60. The Kier molecular flexibility index (Phi) is 4.26. The summed E-state index contributed by atoms with van der Waals surface area (Å²) in [6.45, 7) is 0. The first-order valence-electron chi connectivity index (χ1n) is 5.08. The van der Waals surface area contributed by atoms with Crippen LogP contribution in [0, 0.1) is 0 Å². The average molecular weight is 336 g/mol. The van der Waals surface area contributed by atoms with Gasteiger partial charge in [-0.25, -0.2) is 4.79 Å². The first kappa shape index (κ1) is 14.5. The Hall–Kier alpha value is -0.930. The zero-order valence-electron chi connectivity index (χ0n) is 9.25. The van der Waals surface area contributed by atoms with Gasteiger partial charge in [-0.05, 0) is 29.8 Å². The highest BCUT2D eigenvalue weighted by molar-refractivity contribution is 6.49. The van der Waals surface area contributed by atoms with Crippen molar-refractivity contribution in [2.75, 3.05) is 0 Å². The van der Waals surface area contributed by atoms with E-state index < -0.39 is 5.97 Å². The second-order valence-corrected chi connectivity index (χ2v) is 5.32. The van der Waals surface area contributed by atoms with Crippen molar-refractivity contribution in [3.05, 3.63) is 56.0 Å². The number of hydrogen-bond donors (Lipinski definition) is 1. The lowest BCUT2D eigenvalue weighted by atomic mass is 9.99. The smallest absolute Gasteiger partial charge is 0.336 e. The summed E-state index contributed by atoms with van der Waals surface area (Å²) < 4.78 is 0. The largest absolute Gasteiger partial charge is 0.478 e. The first-order valence-corrected chi connectivity index (χ1v) is 6.59. The van der Waals surface area contributed by atoms with Gasteiger partial charge in [0.1, 0.15) is 0 Å². The summed E-state index contributed by atoms with van der Waals surface area (Å²) in [6.07, 6.45) is 0. The van der Waals surface area contributed by atoms with Crippen LogP contribution in [0.25, 0.3) is 11.1 Å². The summed E-state index contributed by atoms with van der Waals surface area (Å²) in [5.74, 6) is -1.08. The molecule has 0 amide bonds. The van der Waals surface area contributed by atoms with E-state index in [0.717, 1.165) is 0 Å². The van der Waals surface area contributed by atoms with Crippen LogP contribution in [0.2, 0.25) is 20.1 Å². The molecular formula is C13H6Cl4O2. The molecule has 1 N–H and O–H groups in total. The lowest BCUT2D eigenvalue weighted by molar-refractivity contribution is 0.0698. The Labute approximate surface area is 129 Å². The normalized spacial score (nSPS) is 10.5. The molecule has 0 aliphatic rings. The maximum Gasteiger partial charge on any atom is 0.336 e. The monoisotopic (exact) mass is 334 g/mol. The van der Waals surface area contributed by atoms with Crippen LogP contribution < -0.4 is 0 Å². The molecule has 0 saturated heterocycles. The zero-order valence-corrected chi connectivity index (χ0v) is 12.3. The van der Waals surface area contributed by atoms with E-state index in [1.54, 1.807) is 12.1 Å². The van der Waals surface area contributed by atoms with E-state index in [-0.39, 0.29) is 15.6 Å². The van der Waals surface area contributed by atoms with Gasteiger partial charge in [0.05, 0.1) is 20.6 Å². The van der Waals surface area contributed by atoms with Crippen LogP contribution in [0.1, 0.15) is 10.4 Å². The number of hydrogen-bond acceptors (Lipinski definition) is 1. The predicted octanol–water partition coefficient (Wildman–Crippen LogP) is 5.67. The highest BCUT2D eigenvalue weighted by Gasteiger charge is 2.17. The van der Waals surface area contributed by atoms with E-state index in [1.807, 2.05) is 0 Å². The van der Waals surface area contributed by atoms with Crippen LogP contribution in [-0.4, -0.2) is 11.1 Å². The molecule has 0 spiro atoms. The van der Waals surface area contributed by atoms with Crippen molar-refractivity contribution in [3.8, 4) is 11.1 Å². The SMILES string of the molecule is O=C(O)c1ccc(Cl)cc1-c1ccc(Cl)c(Cl)c1Cl. The van der Waals surface area contributed by atoms with E-state index in [2.05, 4.69) is 0 Å². The predicted molar refractivity (Wildman–Crippen MR) is 78.9 cm³/mol. The highest BCUT2D eigenvalue weighted by atomic mass is 35.5. The van der Waals surface area contributed by atoms with Crippen LogP contribution in [0.4, 0.5) is 0 Å². The molecule has 2 aromatic carbocycles. The van der Waals surface area contributed by atoms with E-state index in [0.29, 0.717) is 21.2 Å². The Morgan fingerprint density at radius 3 is 2.21 bits per heavy atom. The van der Waals surface area contributed by atoms with Gasteiger partial charge in [-0.2, -0.15) is 0 Å². The van der Waals surface area contributed by atoms with Crippen molar-refractivity contribution in [3.63, 3.8) is 0 Å². The van der Waals surface area contributed by atoms with Crippen molar-refractivity contribution in [2.45, 2.75) is 0 Å². The van der Waals surface area contributed by atoms with Gasteiger partial charge in [-0.15, -0.1) is 0 Å². The second kappa shape index (κ2) is 5.59. The molecule has 0 radical (unpaired) electrons. The van der Waals surface area contributed by atoms with E-state index in [1.165, 1.54) is 18.2 Å². The minimum Gasteiger partial charge on any atom is -0.478 e. The summed E-state index contributed by atoms with van der Waals surface area (Å²) in [7, 11) is 0. The fraction of sp³-hybridized carbons (Fsp3) is 0. The van der Waals surface area contributed by atoms with Gasteiger partial charge in [0, 0.05) is 10.6 Å². The van der Waals surface area contributed by atoms with Crippen LogP contribution in [0.5, 0.6) is 0 Å². The van der Waals surface area contributed by atoms with Gasteiger partial charge < -0.3 is 5.11 Å². The van der Waals surface area contributed by atoms with Crippen molar-refractivity contribution >= 4 is 52.4 Å². The lowest BCUT2D eigenvalue weighted by Crippen LogP contribution is -1.99. The number of carbonyl (C=O) groups is 1. The molecule has 0 bridgehead atoms. The number of rotatable bonds is 2. The van der Waals surface area contributed by atoms with Gasteiger partial charge in [0.25, 0.3) is 0 Å². The third-order valence-electron chi connectivity index (χ3n) is 2.54. The molecule has 0 fully saturated rings. The molecule has 2 rings (SSSR count). The molecule has 2 aromatic rings. The van der Waals surface area contributed by atoms with Gasteiger partial charge in [-0.3, -0.25) is 0 Å². The molecule has 0 unspecified atom stereocenters. The Balaban J connectivity index is 2.75. The number of halogens is 4. The summed E-state index contributed by atoms with van der Waals surface area (Å²) in [5, 5.41) is 10.3. The van der Waals surface area contributed by atoms with Crippen LogP contribution in [-0.2, 0) is 0 Å². The highest BCUT2D eigenvalue weighted by Crippen LogP contribution is 2.39. The molecular weight excluding hydrogens is 330 g/mol. The zero-order chi connectivity index (χ0) is 14.2. The van der Waals surface area contributed by atoms with Crippen molar-refractivity contribution in [1.82, 2.24) is 0 Å². The fourth-order valence-corrected chi connectivity index (χ4v) is 2.47. The maximum absolute atomic E-state index is 11.2. The minimum atomic E-state index is -1.08. The standard InChI is InChI=1S/C13H6Cl4O2/c14-6-1-2-8(13(18)19)9(5-6)7-3-4-10(15)12(17)11(7)16/h1-5H,(H,18,19). The number of benzene rings is 2. The third kappa shape index (κ3) is 2.82. The molecule has 0 heterocycles. The summed E-state index contributed by atoms with van der Waals surface area (Å²) >= 11 is 23.8. The Morgan fingerprint density at radius 2 is 1.58 bits per heavy atom. The molecule has 0 atom stereocenters. The maximum atomic E-state index is 11.2. The fourth-order valence-electron chi connectivity index (χ4n) is 1.66. The summed E-state index contributed by atoms with van der Waals surface area (Å²) in [5.41, 5.74) is 0.948. The molecule has 0 aliphatic carbocycles. The molecule has 6 heteroatoms. The number of aromatic carboxylic acids is 1. The van der Waals surface area contributed by atoms with Gasteiger partial charge >= 0.3 is 5.97 Å². The molecule has 0 saturated carbocycles. The Morgan fingerprint density at radius 1 is 0.895 bits per heavy atom. The van der Waals surface area contributed by atoms with Crippen LogP contribution >= 0.6 is 46.4 Å². The van der Waals surface area contributed by atoms with Crippen molar-refractivity contribution in [1.29, 1.82) is 0 Å². The van der Waals surface area contributed by atoms with E-state index in [9.17, 15) is 9.90 Å². The van der Waals surface area contributed by atoms with Gasteiger partial charge in [0.2, 0.25) is 0 Å². The van der Waals surface area contributed by atoms with E-state index >= 15 is 0 Å².